The van der Waals surface area contributed by atoms with Crippen molar-refractivity contribution in [3.63, 3.8) is 0 Å². The summed E-state index contributed by atoms with van der Waals surface area (Å²) in [5, 5.41) is 3.38. The Morgan fingerprint density at radius 1 is 1.12 bits per heavy atom. The van der Waals surface area contributed by atoms with E-state index in [2.05, 4.69) is 31.1 Å². The first-order chi connectivity index (χ1) is 8.22. The molecular formula is C15H30N2. The highest BCUT2D eigenvalue weighted by Gasteiger charge is 2.34. The standard InChI is InChI=1S/C15H30N2/c1-12(2)15(10-16-3)17-9-8-13-6-4-5-7-14(13)11-17/h12-16H,4-11H2,1-3H3. The molecule has 2 nitrogen and oxygen atoms in total. The predicted octanol–water partition coefficient (Wildman–Crippen LogP) is 2.74. The Hall–Kier alpha value is -0.0800. The van der Waals surface area contributed by atoms with Crippen molar-refractivity contribution in [2.45, 2.75) is 52.0 Å². The molecule has 0 spiro atoms. The minimum atomic E-state index is 0.739. The third-order valence-corrected chi connectivity index (χ3v) is 4.97. The Labute approximate surface area is 107 Å². The van der Waals surface area contributed by atoms with Crippen molar-refractivity contribution in [1.82, 2.24) is 10.2 Å². The van der Waals surface area contributed by atoms with Crippen LogP contribution in [0.2, 0.25) is 0 Å². The maximum atomic E-state index is 3.38. The van der Waals surface area contributed by atoms with Crippen molar-refractivity contribution in [3.8, 4) is 0 Å². The van der Waals surface area contributed by atoms with Crippen molar-refractivity contribution in [2.24, 2.45) is 17.8 Å². The fraction of sp³-hybridized carbons (Fsp3) is 1.00. The van der Waals surface area contributed by atoms with Crippen molar-refractivity contribution in [1.29, 1.82) is 0 Å². The molecular weight excluding hydrogens is 208 g/mol. The van der Waals surface area contributed by atoms with Crippen molar-refractivity contribution >= 4 is 0 Å². The van der Waals surface area contributed by atoms with Crippen LogP contribution in [0.15, 0.2) is 0 Å². The molecule has 0 radical (unpaired) electrons. The Balaban J connectivity index is 1.93. The lowest BCUT2D eigenvalue weighted by Gasteiger charge is -2.45. The topological polar surface area (TPSA) is 15.3 Å². The normalized spacial score (nSPS) is 32.5. The second-order valence-electron chi connectivity index (χ2n) is 6.46. The molecule has 1 aliphatic heterocycles. The van der Waals surface area contributed by atoms with Crippen LogP contribution in [-0.4, -0.2) is 37.6 Å². The molecule has 1 saturated heterocycles. The van der Waals surface area contributed by atoms with Crippen LogP contribution in [0.1, 0.15) is 46.0 Å². The van der Waals surface area contributed by atoms with E-state index in [1.165, 1.54) is 45.2 Å². The molecule has 2 heteroatoms. The summed E-state index contributed by atoms with van der Waals surface area (Å²) in [7, 11) is 2.09. The first kappa shape index (κ1) is 13.4. The van der Waals surface area contributed by atoms with E-state index >= 15 is 0 Å². The van der Waals surface area contributed by atoms with Crippen molar-refractivity contribution in [2.75, 3.05) is 26.7 Å². The number of nitrogens with zero attached hydrogens (tertiary/aromatic N) is 1. The zero-order valence-corrected chi connectivity index (χ0v) is 11.9. The molecule has 3 unspecified atom stereocenters. The molecule has 1 saturated carbocycles. The number of rotatable bonds is 4. The fourth-order valence-corrected chi connectivity index (χ4v) is 3.93. The Kier molecular flexibility index (Phi) is 4.87. The third kappa shape index (κ3) is 3.23. The maximum Gasteiger partial charge on any atom is 0.0243 e. The van der Waals surface area contributed by atoms with Gasteiger partial charge in [0.15, 0.2) is 0 Å². The lowest BCUT2D eigenvalue weighted by atomic mass is 9.74. The highest BCUT2D eigenvalue weighted by Crippen LogP contribution is 2.37. The summed E-state index contributed by atoms with van der Waals surface area (Å²) < 4.78 is 0. The second-order valence-corrected chi connectivity index (χ2v) is 6.46. The van der Waals surface area contributed by atoms with Gasteiger partial charge in [0.1, 0.15) is 0 Å². The average molecular weight is 238 g/mol. The van der Waals surface area contributed by atoms with Crippen LogP contribution in [0.3, 0.4) is 0 Å². The van der Waals surface area contributed by atoms with Gasteiger partial charge < -0.3 is 5.32 Å². The first-order valence-corrected chi connectivity index (χ1v) is 7.61. The van der Waals surface area contributed by atoms with Gasteiger partial charge in [0.2, 0.25) is 0 Å². The van der Waals surface area contributed by atoms with Gasteiger partial charge in [0.25, 0.3) is 0 Å². The minimum absolute atomic E-state index is 0.739. The molecule has 1 heterocycles. The van der Waals surface area contributed by atoms with Crippen LogP contribution in [0.25, 0.3) is 0 Å². The van der Waals surface area contributed by atoms with E-state index in [-0.39, 0.29) is 0 Å². The molecule has 2 rings (SSSR count). The number of likely N-dealkylation sites (N-methyl/N-ethyl adjacent to an activating group) is 1. The van der Waals surface area contributed by atoms with E-state index in [9.17, 15) is 0 Å². The molecule has 17 heavy (non-hydrogen) atoms. The third-order valence-electron chi connectivity index (χ3n) is 4.97. The zero-order chi connectivity index (χ0) is 12.3. The van der Waals surface area contributed by atoms with Gasteiger partial charge in [-0.1, -0.05) is 33.1 Å². The van der Waals surface area contributed by atoms with Gasteiger partial charge in [0.05, 0.1) is 0 Å². The lowest BCUT2D eigenvalue weighted by Crippen LogP contribution is -2.51. The predicted molar refractivity (Wildman–Crippen MR) is 74.2 cm³/mol. The molecule has 1 N–H and O–H groups in total. The first-order valence-electron chi connectivity index (χ1n) is 7.61. The van der Waals surface area contributed by atoms with E-state index in [0.717, 1.165) is 30.3 Å². The number of fused-ring (bicyclic) bond motifs is 1. The molecule has 100 valence electrons. The summed E-state index contributed by atoms with van der Waals surface area (Å²) in [5.41, 5.74) is 0. The van der Waals surface area contributed by atoms with E-state index in [4.69, 9.17) is 0 Å². The molecule has 0 bridgehead atoms. The van der Waals surface area contributed by atoms with Gasteiger partial charge in [-0.15, -0.1) is 0 Å². The highest BCUT2D eigenvalue weighted by atomic mass is 15.2. The molecule has 0 aromatic heterocycles. The van der Waals surface area contributed by atoms with E-state index in [1.807, 2.05) is 0 Å². The minimum Gasteiger partial charge on any atom is -0.318 e. The summed E-state index contributed by atoms with van der Waals surface area (Å²) in [6.07, 6.45) is 7.43. The van der Waals surface area contributed by atoms with Gasteiger partial charge in [-0.3, -0.25) is 4.90 Å². The molecule has 0 aromatic rings. The maximum absolute atomic E-state index is 3.38. The Morgan fingerprint density at radius 3 is 2.47 bits per heavy atom. The molecule has 2 fully saturated rings. The van der Waals surface area contributed by atoms with Gasteiger partial charge in [-0.2, -0.15) is 0 Å². The summed E-state index contributed by atoms with van der Waals surface area (Å²) in [4.78, 5) is 2.77. The fourth-order valence-electron chi connectivity index (χ4n) is 3.93. The lowest BCUT2D eigenvalue weighted by molar-refractivity contribution is 0.0420. The van der Waals surface area contributed by atoms with Crippen LogP contribution < -0.4 is 5.32 Å². The van der Waals surface area contributed by atoms with E-state index < -0.39 is 0 Å². The monoisotopic (exact) mass is 238 g/mol. The second kappa shape index (κ2) is 6.19. The zero-order valence-electron chi connectivity index (χ0n) is 11.9. The van der Waals surface area contributed by atoms with Gasteiger partial charge in [-0.05, 0) is 44.2 Å². The number of piperidine rings is 1. The van der Waals surface area contributed by atoms with Gasteiger partial charge in [-0.25, -0.2) is 0 Å². The van der Waals surface area contributed by atoms with Crippen LogP contribution >= 0.6 is 0 Å². The molecule has 0 amide bonds. The summed E-state index contributed by atoms with van der Waals surface area (Å²) in [5.74, 6) is 2.83. The summed E-state index contributed by atoms with van der Waals surface area (Å²) in [6, 6.07) is 0.739. The largest absolute Gasteiger partial charge is 0.318 e. The number of likely N-dealkylation sites (tertiary alicyclic amines) is 1. The number of nitrogens with one attached hydrogen (secondary N) is 1. The Morgan fingerprint density at radius 2 is 1.82 bits per heavy atom. The smallest absolute Gasteiger partial charge is 0.0243 e. The van der Waals surface area contributed by atoms with E-state index in [1.54, 1.807) is 0 Å². The van der Waals surface area contributed by atoms with Gasteiger partial charge in [0, 0.05) is 19.1 Å². The SMILES string of the molecule is CNCC(C(C)C)N1CCC2CCCCC2C1. The summed E-state index contributed by atoms with van der Waals surface area (Å²) in [6.45, 7) is 8.60. The van der Waals surface area contributed by atoms with E-state index in [0.29, 0.717) is 0 Å². The molecule has 1 aliphatic carbocycles. The van der Waals surface area contributed by atoms with Crippen LogP contribution in [0.4, 0.5) is 0 Å². The van der Waals surface area contributed by atoms with Crippen LogP contribution in [0, 0.1) is 17.8 Å². The van der Waals surface area contributed by atoms with Crippen molar-refractivity contribution in [3.05, 3.63) is 0 Å². The number of hydrogen-bond donors (Lipinski definition) is 1. The summed E-state index contributed by atoms with van der Waals surface area (Å²) >= 11 is 0. The van der Waals surface area contributed by atoms with Crippen LogP contribution in [-0.2, 0) is 0 Å². The molecule has 3 atom stereocenters. The quantitative estimate of drug-likeness (QED) is 0.810. The Bertz CT molecular complexity index is 227. The van der Waals surface area contributed by atoms with Gasteiger partial charge >= 0.3 is 0 Å². The molecule has 0 aromatic carbocycles. The average Bonchev–Trinajstić information content (AvgIpc) is 2.35. The molecule has 2 aliphatic rings. The van der Waals surface area contributed by atoms with Crippen LogP contribution in [0.5, 0.6) is 0 Å². The van der Waals surface area contributed by atoms with Crippen molar-refractivity contribution < 1.29 is 0 Å². The number of hydrogen-bond acceptors (Lipinski definition) is 2. The highest BCUT2D eigenvalue weighted by molar-refractivity contribution is 4.87.